The molecule has 7 nitrogen and oxygen atoms in total. The number of amides is 1. The van der Waals surface area contributed by atoms with Gasteiger partial charge in [-0.3, -0.25) is 14.9 Å². The summed E-state index contributed by atoms with van der Waals surface area (Å²) in [6.45, 7) is 5.12. The number of non-ortho nitro benzene ring substituents is 1. The van der Waals surface area contributed by atoms with E-state index in [1.807, 2.05) is 13.8 Å². The summed E-state index contributed by atoms with van der Waals surface area (Å²) in [7, 11) is 0. The lowest BCUT2D eigenvalue weighted by Crippen LogP contribution is -2.49. The van der Waals surface area contributed by atoms with E-state index in [-0.39, 0.29) is 30.3 Å². The molecule has 0 aromatic heterocycles. The third-order valence-electron chi connectivity index (χ3n) is 3.27. The number of nitro groups is 1. The third-order valence-corrected chi connectivity index (χ3v) is 3.27. The number of morpholine rings is 1. The smallest absolute Gasteiger partial charge is 0.271 e. The van der Waals surface area contributed by atoms with E-state index >= 15 is 0 Å². The molecule has 0 aliphatic carbocycles. The highest BCUT2D eigenvalue weighted by Crippen LogP contribution is 2.17. The van der Waals surface area contributed by atoms with Gasteiger partial charge in [-0.05, 0) is 19.9 Å². The van der Waals surface area contributed by atoms with Gasteiger partial charge in [-0.2, -0.15) is 0 Å². The van der Waals surface area contributed by atoms with Crippen LogP contribution in [-0.4, -0.2) is 47.6 Å². The number of ether oxygens (including phenoxy) is 1. The maximum Gasteiger partial charge on any atom is 0.271 e. The van der Waals surface area contributed by atoms with Crippen LogP contribution in [0.25, 0.3) is 0 Å². The molecule has 0 bridgehead atoms. The predicted molar refractivity (Wildman–Crippen MR) is 78.2 cm³/mol. The van der Waals surface area contributed by atoms with Crippen molar-refractivity contribution >= 4 is 17.3 Å². The average molecular weight is 293 g/mol. The van der Waals surface area contributed by atoms with Crippen molar-refractivity contribution in [2.45, 2.75) is 26.1 Å². The summed E-state index contributed by atoms with van der Waals surface area (Å²) in [5, 5.41) is 13.6. The maximum atomic E-state index is 12.2. The van der Waals surface area contributed by atoms with Gasteiger partial charge in [0.2, 0.25) is 5.91 Å². The van der Waals surface area contributed by atoms with Crippen LogP contribution in [0.5, 0.6) is 0 Å². The van der Waals surface area contributed by atoms with E-state index in [9.17, 15) is 14.9 Å². The highest BCUT2D eigenvalue weighted by Gasteiger charge is 2.25. The summed E-state index contributed by atoms with van der Waals surface area (Å²) in [4.78, 5) is 24.1. The average Bonchev–Trinajstić information content (AvgIpc) is 2.44. The van der Waals surface area contributed by atoms with Crippen LogP contribution < -0.4 is 5.32 Å². The van der Waals surface area contributed by atoms with Gasteiger partial charge in [-0.1, -0.05) is 6.07 Å². The molecule has 2 unspecified atom stereocenters. The van der Waals surface area contributed by atoms with Gasteiger partial charge in [-0.15, -0.1) is 0 Å². The zero-order valence-electron chi connectivity index (χ0n) is 12.1. The number of nitrogens with one attached hydrogen (secondary N) is 1. The van der Waals surface area contributed by atoms with Gasteiger partial charge in [0.15, 0.2) is 0 Å². The Balaban J connectivity index is 1.92. The highest BCUT2D eigenvalue weighted by atomic mass is 16.6. The van der Waals surface area contributed by atoms with Gasteiger partial charge in [0.1, 0.15) is 0 Å². The highest BCUT2D eigenvalue weighted by molar-refractivity contribution is 5.81. The van der Waals surface area contributed by atoms with E-state index < -0.39 is 4.92 Å². The van der Waals surface area contributed by atoms with Crippen LogP contribution in [0.3, 0.4) is 0 Å². The summed E-state index contributed by atoms with van der Waals surface area (Å²) in [5.41, 5.74) is 0.563. The molecule has 2 atom stereocenters. The number of rotatable bonds is 4. The largest absolute Gasteiger partial charge is 0.376 e. The Morgan fingerprint density at radius 2 is 2.10 bits per heavy atom. The Kier molecular flexibility index (Phi) is 4.74. The van der Waals surface area contributed by atoms with Crippen LogP contribution in [0.1, 0.15) is 13.8 Å². The van der Waals surface area contributed by atoms with Crippen LogP contribution in [0.4, 0.5) is 11.4 Å². The first-order chi connectivity index (χ1) is 9.95. The van der Waals surface area contributed by atoms with Crippen LogP contribution in [0.15, 0.2) is 24.3 Å². The Morgan fingerprint density at radius 3 is 2.71 bits per heavy atom. The number of hydrogen-bond donors (Lipinski definition) is 1. The first kappa shape index (κ1) is 15.2. The van der Waals surface area contributed by atoms with Gasteiger partial charge >= 0.3 is 0 Å². The Bertz CT molecular complexity index is 525. The number of hydrogen-bond acceptors (Lipinski definition) is 5. The molecular formula is C14H19N3O4. The lowest BCUT2D eigenvalue weighted by atomic mass is 10.2. The second kappa shape index (κ2) is 6.53. The van der Waals surface area contributed by atoms with Crippen LogP contribution in [-0.2, 0) is 9.53 Å². The number of carbonyl (C=O) groups excluding carboxylic acids is 1. The Hall–Kier alpha value is -2.15. The van der Waals surface area contributed by atoms with Crippen molar-refractivity contribution in [1.82, 2.24) is 4.90 Å². The molecule has 0 saturated carbocycles. The first-order valence-corrected chi connectivity index (χ1v) is 6.87. The third kappa shape index (κ3) is 4.16. The lowest BCUT2D eigenvalue weighted by Gasteiger charge is -2.35. The van der Waals surface area contributed by atoms with Crippen LogP contribution in [0.2, 0.25) is 0 Å². The summed E-state index contributed by atoms with van der Waals surface area (Å²) < 4.78 is 5.58. The molecule has 1 heterocycles. The van der Waals surface area contributed by atoms with Crippen LogP contribution in [0, 0.1) is 10.1 Å². The van der Waals surface area contributed by atoms with E-state index in [2.05, 4.69) is 5.32 Å². The molecule has 1 aromatic rings. The monoisotopic (exact) mass is 293 g/mol. The standard InChI is InChI=1S/C14H19N3O4/c1-10-8-16(9-11(2)21-10)14(18)7-15-12-4-3-5-13(6-12)17(19)20/h3-6,10-11,15H,7-9H2,1-2H3. The van der Waals surface area contributed by atoms with E-state index in [0.717, 1.165) is 0 Å². The van der Waals surface area contributed by atoms with Crippen molar-refractivity contribution in [3.8, 4) is 0 Å². The summed E-state index contributed by atoms with van der Waals surface area (Å²) in [6.07, 6.45) is 0.0472. The molecule has 1 N–H and O–H groups in total. The van der Waals surface area contributed by atoms with Gasteiger partial charge in [0, 0.05) is 30.9 Å². The van der Waals surface area contributed by atoms with Gasteiger partial charge in [0.05, 0.1) is 23.7 Å². The van der Waals surface area contributed by atoms with E-state index in [1.165, 1.54) is 12.1 Å². The van der Waals surface area contributed by atoms with Crippen molar-refractivity contribution in [1.29, 1.82) is 0 Å². The molecule has 21 heavy (non-hydrogen) atoms. The molecule has 7 heteroatoms. The zero-order chi connectivity index (χ0) is 15.4. The van der Waals surface area contributed by atoms with Crippen molar-refractivity contribution in [2.75, 3.05) is 25.0 Å². The van der Waals surface area contributed by atoms with Gasteiger partial charge < -0.3 is 15.0 Å². The van der Waals surface area contributed by atoms with Crippen molar-refractivity contribution in [2.24, 2.45) is 0 Å². The molecule has 1 amide bonds. The minimum atomic E-state index is -0.460. The molecule has 1 aliphatic rings. The number of benzene rings is 1. The number of nitro benzene ring substituents is 1. The predicted octanol–water partition coefficient (Wildman–Crippen LogP) is 1.64. The fourth-order valence-corrected chi connectivity index (χ4v) is 2.40. The maximum absolute atomic E-state index is 12.2. The summed E-state index contributed by atoms with van der Waals surface area (Å²) in [5.74, 6) is -0.0384. The fraction of sp³-hybridized carbons (Fsp3) is 0.500. The number of carbonyl (C=O) groups is 1. The molecular weight excluding hydrogens is 274 g/mol. The minimum Gasteiger partial charge on any atom is -0.376 e. The second-order valence-electron chi connectivity index (χ2n) is 5.22. The molecule has 0 spiro atoms. The SMILES string of the molecule is CC1CN(C(=O)CNc2cccc([N+](=O)[O-])c2)CC(C)O1. The Labute approximate surface area is 123 Å². The molecule has 1 aromatic carbocycles. The summed E-state index contributed by atoms with van der Waals surface area (Å²) >= 11 is 0. The van der Waals surface area contributed by atoms with E-state index in [1.54, 1.807) is 17.0 Å². The molecule has 1 fully saturated rings. The summed E-state index contributed by atoms with van der Waals surface area (Å²) in [6, 6.07) is 6.12. The molecule has 0 radical (unpaired) electrons. The molecule has 2 rings (SSSR count). The first-order valence-electron chi connectivity index (χ1n) is 6.87. The van der Waals surface area contributed by atoms with Crippen LogP contribution >= 0.6 is 0 Å². The number of nitrogens with zero attached hydrogens (tertiary/aromatic N) is 2. The normalized spacial score (nSPS) is 21.9. The van der Waals surface area contributed by atoms with Crippen molar-refractivity contribution < 1.29 is 14.5 Å². The Morgan fingerprint density at radius 1 is 1.43 bits per heavy atom. The van der Waals surface area contributed by atoms with E-state index in [4.69, 9.17) is 4.74 Å². The van der Waals surface area contributed by atoms with Crippen molar-refractivity contribution in [3.05, 3.63) is 34.4 Å². The number of anilines is 1. The minimum absolute atomic E-state index is 0.000987. The lowest BCUT2D eigenvalue weighted by molar-refractivity contribution is -0.384. The van der Waals surface area contributed by atoms with Gasteiger partial charge in [0.25, 0.3) is 5.69 Å². The molecule has 1 saturated heterocycles. The molecule has 1 aliphatic heterocycles. The quantitative estimate of drug-likeness (QED) is 0.674. The van der Waals surface area contributed by atoms with Crippen molar-refractivity contribution in [3.63, 3.8) is 0 Å². The topological polar surface area (TPSA) is 84.7 Å². The molecule has 114 valence electrons. The van der Waals surface area contributed by atoms with Gasteiger partial charge in [-0.25, -0.2) is 0 Å². The fourth-order valence-electron chi connectivity index (χ4n) is 2.40. The second-order valence-corrected chi connectivity index (χ2v) is 5.22. The zero-order valence-corrected chi connectivity index (χ0v) is 12.1. The van der Waals surface area contributed by atoms with E-state index in [0.29, 0.717) is 18.8 Å².